The summed E-state index contributed by atoms with van der Waals surface area (Å²) in [5.41, 5.74) is 11.0. The van der Waals surface area contributed by atoms with Crippen molar-refractivity contribution in [2.45, 2.75) is 50.3 Å². The van der Waals surface area contributed by atoms with Gasteiger partial charge in [-0.15, -0.1) is 0 Å². The van der Waals surface area contributed by atoms with Gasteiger partial charge in [-0.25, -0.2) is 4.99 Å². The second-order valence-electron chi connectivity index (χ2n) is 6.25. The van der Waals surface area contributed by atoms with Crippen molar-refractivity contribution in [3.63, 3.8) is 0 Å². The maximum Gasteiger partial charge on any atom is 0.461 e. The van der Waals surface area contributed by atoms with Crippen molar-refractivity contribution in [1.29, 1.82) is 0 Å². The van der Waals surface area contributed by atoms with E-state index in [0.29, 0.717) is 12.8 Å². The molecule has 1 aromatic carbocycles. The van der Waals surface area contributed by atoms with Crippen LogP contribution in [0, 0.1) is 0 Å². The number of halogens is 4. The molecule has 4 N–H and O–H groups in total. The van der Waals surface area contributed by atoms with Gasteiger partial charge in [0.15, 0.2) is 0 Å². The number of nitrogens with zero attached hydrogens (tertiary/aromatic N) is 3. The standard InChI is InChI=1S/C16H19F4N5O/c17-12(18)16(19,20)26-11-7-3-2-6-10(11)25-14(22)23-13(21)24-15(25)8-4-1-5-9-15/h2-3,6-7,12H,1,4-5,8-9H2,(H4,21,22,23,24). The van der Waals surface area contributed by atoms with E-state index in [1.54, 1.807) is 6.07 Å². The number of ether oxygens (including phenoxy) is 1. The third-order valence-corrected chi connectivity index (χ3v) is 4.46. The van der Waals surface area contributed by atoms with Crippen LogP contribution in [0.5, 0.6) is 5.75 Å². The van der Waals surface area contributed by atoms with Crippen molar-refractivity contribution in [1.82, 2.24) is 0 Å². The van der Waals surface area contributed by atoms with E-state index < -0.39 is 23.9 Å². The maximum absolute atomic E-state index is 13.5. The molecule has 0 amide bonds. The van der Waals surface area contributed by atoms with E-state index in [1.165, 1.54) is 23.1 Å². The van der Waals surface area contributed by atoms with Crippen LogP contribution < -0.4 is 21.1 Å². The summed E-state index contributed by atoms with van der Waals surface area (Å²) in [7, 11) is 0. The summed E-state index contributed by atoms with van der Waals surface area (Å²) in [6, 6.07) is 5.60. The Bertz CT molecular complexity index is 731. The van der Waals surface area contributed by atoms with Gasteiger partial charge in [-0.3, -0.25) is 4.90 Å². The molecule has 0 aromatic heterocycles. The fourth-order valence-corrected chi connectivity index (χ4v) is 3.39. The van der Waals surface area contributed by atoms with E-state index in [1.807, 2.05) is 0 Å². The van der Waals surface area contributed by atoms with Gasteiger partial charge in [0.2, 0.25) is 11.9 Å². The van der Waals surface area contributed by atoms with Gasteiger partial charge in [0.05, 0.1) is 5.69 Å². The van der Waals surface area contributed by atoms with Crippen LogP contribution in [0.4, 0.5) is 23.2 Å². The number of para-hydroxylation sites is 2. The summed E-state index contributed by atoms with van der Waals surface area (Å²) in [5, 5.41) is 0. The van der Waals surface area contributed by atoms with Gasteiger partial charge in [0.25, 0.3) is 0 Å². The summed E-state index contributed by atoms with van der Waals surface area (Å²) in [4.78, 5) is 9.79. The van der Waals surface area contributed by atoms with Crippen LogP contribution in [0.1, 0.15) is 32.1 Å². The first kappa shape index (κ1) is 18.3. The maximum atomic E-state index is 13.5. The molecule has 1 aliphatic carbocycles. The fraction of sp³-hybridized carbons (Fsp3) is 0.500. The van der Waals surface area contributed by atoms with Gasteiger partial charge in [0.1, 0.15) is 11.4 Å². The first-order valence-electron chi connectivity index (χ1n) is 8.19. The number of hydrogen-bond acceptors (Lipinski definition) is 6. The Morgan fingerprint density at radius 3 is 2.42 bits per heavy atom. The number of hydrogen-bond donors (Lipinski definition) is 2. The topological polar surface area (TPSA) is 89.2 Å². The SMILES string of the molecule is NC1=NC2(CCCCC2)N(c2ccccc2OC(F)(F)C(F)F)C(N)=N1. The number of aliphatic imine (C=N–C) groups is 2. The van der Waals surface area contributed by atoms with Crippen molar-refractivity contribution in [3.8, 4) is 5.75 Å². The minimum absolute atomic E-state index is 0.00282. The predicted octanol–water partition coefficient (Wildman–Crippen LogP) is 3.03. The molecule has 142 valence electrons. The monoisotopic (exact) mass is 373 g/mol. The van der Waals surface area contributed by atoms with Gasteiger partial charge in [-0.05, 0) is 37.8 Å². The molecule has 1 fully saturated rings. The molecule has 0 bridgehead atoms. The minimum atomic E-state index is -4.64. The molecule has 0 atom stereocenters. The minimum Gasteiger partial charge on any atom is -0.426 e. The molecule has 6 nitrogen and oxygen atoms in total. The highest BCUT2D eigenvalue weighted by Gasteiger charge is 2.47. The zero-order valence-corrected chi connectivity index (χ0v) is 13.8. The Morgan fingerprint density at radius 1 is 1.12 bits per heavy atom. The molecule has 2 aliphatic rings. The molecule has 1 spiro atoms. The Balaban J connectivity index is 2.06. The highest BCUT2D eigenvalue weighted by molar-refractivity contribution is 6.06. The van der Waals surface area contributed by atoms with Crippen LogP contribution in [0.2, 0.25) is 0 Å². The number of nitrogens with two attached hydrogens (primary N) is 2. The lowest BCUT2D eigenvalue weighted by atomic mass is 9.87. The molecular formula is C16H19F4N5O. The molecule has 1 aromatic rings. The zero-order chi connectivity index (χ0) is 18.9. The highest BCUT2D eigenvalue weighted by Crippen LogP contribution is 2.43. The second kappa shape index (κ2) is 6.65. The third kappa shape index (κ3) is 3.27. The molecule has 0 radical (unpaired) electrons. The van der Waals surface area contributed by atoms with Crippen molar-refractivity contribution >= 4 is 17.6 Å². The Kier molecular flexibility index (Phi) is 4.68. The van der Waals surface area contributed by atoms with Crippen molar-refractivity contribution < 1.29 is 22.3 Å². The molecule has 10 heteroatoms. The first-order valence-corrected chi connectivity index (χ1v) is 8.19. The van der Waals surface area contributed by atoms with E-state index in [4.69, 9.17) is 11.5 Å². The van der Waals surface area contributed by atoms with Gasteiger partial charge in [-0.2, -0.15) is 22.6 Å². The van der Waals surface area contributed by atoms with Crippen LogP contribution in [0.25, 0.3) is 0 Å². The summed E-state index contributed by atoms with van der Waals surface area (Å²) >= 11 is 0. The fourth-order valence-electron chi connectivity index (χ4n) is 3.39. The van der Waals surface area contributed by atoms with Gasteiger partial charge >= 0.3 is 12.5 Å². The Hall–Kier alpha value is -2.52. The van der Waals surface area contributed by atoms with E-state index in [9.17, 15) is 17.6 Å². The Morgan fingerprint density at radius 2 is 1.77 bits per heavy atom. The van der Waals surface area contributed by atoms with Crippen LogP contribution in [0.15, 0.2) is 34.3 Å². The van der Waals surface area contributed by atoms with Crippen LogP contribution in [-0.2, 0) is 0 Å². The van der Waals surface area contributed by atoms with E-state index in [-0.39, 0.29) is 17.6 Å². The van der Waals surface area contributed by atoms with Crippen LogP contribution in [-0.4, -0.2) is 30.1 Å². The summed E-state index contributed by atoms with van der Waals surface area (Å²) < 4.78 is 56.4. The summed E-state index contributed by atoms with van der Waals surface area (Å²) in [6.07, 6.45) is -4.82. The summed E-state index contributed by atoms with van der Waals surface area (Å²) in [6.45, 7) is 0. The lowest BCUT2D eigenvalue weighted by molar-refractivity contribution is -0.253. The van der Waals surface area contributed by atoms with Gasteiger partial charge in [-0.1, -0.05) is 18.6 Å². The molecule has 3 rings (SSSR count). The quantitative estimate of drug-likeness (QED) is 0.794. The average molecular weight is 373 g/mol. The van der Waals surface area contributed by atoms with Crippen LogP contribution in [0.3, 0.4) is 0 Å². The Labute approximate surface area is 147 Å². The van der Waals surface area contributed by atoms with E-state index in [2.05, 4.69) is 14.7 Å². The number of benzene rings is 1. The lowest BCUT2D eigenvalue weighted by Crippen LogP contribution is -2.58. The number of rotatable bonds is 4. The predicted molar refractivity (Wildman–Crippen MR) is 89.6 cm³/mol. The first-order chi connectivity index (χ1) is 12.3. The molecule has 1 aliphatic heterocycles. The normalized spacial score (nSPS) is 20.1. The molecule has 1 saturated carbocycles. The molecule has 0 saturated heterocycles. The number of alkyl halides is 4. The van der Waals surface area contributed by atoms with E-state index >= 15 is 0 Å². The van der Waals surface area contributed by atoms with Crippen LogP contribution >= 0.6 is 0 Å². The average Bonchev–Trinajstić information content (AvgIpc) is 2.56. The van der Waals surface area contributed by atoms with Gasteiger partial charge in [0, 0.05) is 0 Å². The van der Waals surface area contributed by atoms with Crippen molar-refractivity contribution in [2.75, 3.05) is 4.90 Å². The third-order valence-electron chi connectivity index (χ3n) is 4.46. The summed E-state index contributed by atoms with van der Waals surface area (Å²) in [5.74, 6) is -0.482. The smallest absolute Gasteiger partial charge is 0.426 e. The molecule has 1 heterocycles. The second-order valence-corrected chi connectivity index (χ2v) is 6.25. The largest absolute Gasteiger partial charge is 0.461 e. The molecule has 26 heavy (non-hydrogen) atoms. The van der Waals surface area contributed by atoms with Gasteiger partial charge < -0.3 is 16.2 Å². The molecule has 0 unspecified atom stereocenters. The van der Waals surface area contributed by atoms with Crippen molar-refractivity contribution in [3.05, 3.63) is 24.3 Å². The number of guanidine groups is 2. The zero-order valence-electron chi connectivity index (χ0n) is 13.8. The van der Waals surface area contributed by atoms with Crippen molar-refractivity contribution in [2.24, 2.45) is 21.5 Å². The molecular weight excluding hydrogens is 354 g/mol. The number of anilines is 1. The van der Waals surface area contributed by atoms with E-state index in [0.717, 1.165) is 19.3 Å². The highest BCUT2D eigenvalue weighted by atomic mass is 19.3. The lowest BCUT2D eigenvalue weighted by Gasteiger charge is -2.46.